The van der Waals surface area contributed by atoms with Crippen LogP contribution >= 0.6 is 11.6 Å². The van der Waals surface area contributed by atoms with Gasteiger partial charge in [0.1, 0.15) is 4.90 Å². The van der Waals surface area contributed by atoms with Crippen LogP contribution in [0, 0.1) is 5.92 Å². The monoisotopic (exact) mass is 342 g/mol. The molecule has 0 bridgehead atoms. The van der Waals surface area contributed by atoms with Gasteiger partial charge in [0.2, 0.25) is 5.91 Å². The molecule has 1 fully saturated rings. The largest absolute Gasteiger partial charge is 0.356 e. The summed E-state index contributed by atoms with van der Waals surface area (Å²) >= 11 is 5.84. The molecule has 6 nitrogen and oxygen atoms in total. The number of carbonyl (C=O) groups is 2. The molecule has 2 heterocycles. The van der Waals surface area contributed by atoms with Gasteiger partial charge in [-0.05, 0) is 31.0 Å². The highest BCUT2D eigenvalue weighted by atomic mass is 35.5. The summed E-state index contributed by atoms with van der Waals surface area (Å²) in [4.78, 5) is 24.3. The number of amides is 2. The lowest BCUT2D eigenvalue weighted by Crippen LogP contribution is -2.40. The minimum Gasteiger partial charge on any atom is -0.356 e. The third-order valence-corrected chi connectivity index (χ3v) is 6.04. The van der Waals surface area contributed by atoms with Crippen LogP contribution in [-0.4, -0.2) is 37.6 Å². The van der Waals surface area contributed by atoms with Crippen LogP contribution in [0.4, 0.5) is 0 Å². The normalized spacial score (nSPS) is 23.9. The second kappa shape index (κ2) is 5.55. The zero-order valence-electron chi connectivity index (χ0n) is 11.7. The van der Waals surface area contributed by atoms with E-state index in [1.54, 1.807) is 0 Å². The van der Waals surface area contributed by atoms with Gasteiger partial charge in [0.25, 0.3) is 15.9 Å². The first-order valence-electron chi connectivity index (χ1n) is 7.05. The van der Waals surface area contributed by atoms with Crippen molar-refractivity contribution in [3.8, 4) is 0 Å². The van der Waals surface area contributed by atoms with Crippen molar-refractivity contribution in [3.63, 3.8) is 0 Å². The van der Waals surface area contributed by atoms with Crippen LogP contribution in [0.2, 0.25) is 5.02 Å². The number of rotatable bonds is 2. The van der Waals surface area contributed by atoms with Gasteiger partial charge in [0.15, 0.2) is 0 Å². The van der Waals surface area contributed by atoms with Crippen LogP contribution in [0.3, 0.4) is 0 Å². The summed E-state index contributed by atoms with van der Waals surface area (Å²) in [6, 6.07) is 4.12. The van der Waals surface area contributed by atoms with Gasteiger partial charge in [-0.25, -0.2) is 12.7 Å². The van der Waals surface area contributed by atoms with E-state index in [0.717, 1.165) is 17.1 Å². The molecule has 0 aromatic heterocycles. The number of nitrogens with zero attached hydrogens (tertiary/aromatic N) is 1. The van der Waals surface area contributed by atoms with Crippen LogP contribution in [0.25, 0.3) is 0 Å². The van der Waals surface area contributed by atoms with E-state index < -0.39 is 21.8 Å². The van der Waals surface area contributed by atoms with Gasteiger partial charge in [0.05, 0.1) is 11.5 Å². The minimum absolute atomic E-state index is 0.0454. The molecule has 1 aromatic carbocycles. The summed E-state index contributed by atoms with van der Waals surface area (Å²) in [5.41, 5.74) is 0.0709. The predicted molar refractivity (Wildman–Crippen MR) is 80.0 cm³/mol. The smallest absolute Gasteiger partial charge is 0.269 e. The molecule has 1 saturated heterocycles. The Bertz CT molecular complexity index is 747. The first-order valence-corrected chi connectivity index (χ1v) is 8.87. The maximum atomic E-state index is 12.5. The summed E-state index contributed by atoms with van der Waals surface area (Å²) in [5, 5.41) is 3.05. The summed E-state index contributed by atoms with van der Waals surface area (Å²) in [5.74, 6) is -1.32. The van der Waals surface area contributed by atoms with Crippen LogP contribution in [0.1, 0.15) is 29.6 Å². The molecule has 8 heteroatoms. The average Bonchev–Trinajstić information content (AvgIpc) is 2.61. The molecule has 0 saturated carbocycles. The van der Waals surface area contributed by atoms with E-state index in [1.165, 1.54) is 18.2 Å². The highest BCUT2D eigenvalue weighted by Gasteiger charge is 2.43. The van der Waals surface area contributed by atoms with E-state index >= 15 is 0 Å². The molecule has 1 aromatic rings. The Hall–Kier alpha value is -1.60. The average molecular weight is 343 g/mol. The lowest BCUT2D eigenvalue weighted by Gasteiger charge is -2.20. The number of hydrogen-bond acceptors (Lipinski definition) is 4. The summed E-state index contributed by atoms with van der Waals surface area (Å²) in [6.45, 7) is 0.463. The van der Waals surface area contributed by atoms with E-state index in [0.29, 0.717) is 18.0 Å². The van der Waals surface area contributed by atoms with E-state index in [-0.39, 0.29) is 22.9 Å². The molecule has 1 unspecified atom stereocenters. The van der Waals surface area contributed by atoms with E-state index in [9.17, 15) is 18.0 Å². The Morgan fingerprint density at radius 1 is 1.27 bits per heavy atom. The van der Waals surface area contributed by atoms with E-state index in [2.05, 4.69) is 5.32 Å². The van der Waals surface area contributed by atoms with Crippen molar-refractivity contribution in [2.45, 2.75) is 24.2 Å². The lowest BCUT2D eigenvalue weighted by atomic mass is 10.0. The van der Waals surface area contributed by atoms with Crippen LogP contribution in [0.5, 0.6) is 0 Å². The highest BCUT2D eigenvalue weighted by Crippen LogP contribution is 2.33. The number of halogens is 1. The maximum absolute atomic E-state index is 12.5. The fourth-order valence-electron chi connectivity index (χ4n) is 2.81. The summed E-state index contributed by atoms with van der Waals surface area (Å²) in [6.07, 6.45) is 2.26. The Morgan fingerprint density at radius 3 is 2.82 bits per heavy atom. The number of sulfonamides is 1. The SMILES string of the molecule is O=C1NCCCCC1CN1C(=O)c2cc(Cl)ccc2S1(=O)=O. The number of fused-ring (bicyclic) bond motifs is 1. The second-order valence-corrected chi connectivity index (χ2v) is 7.73. The van der Waals surface area contributed by atoms with Gasteiger partial charge in [0, 0.05) is 18.1 Å². The van der Waals surface area contributed by atoms with Crippen LogP contribution in [-0.2, 0) is 14.8 Å². The Morgan fingerprint density at radius 2 is 2.05 bits per heavy atom. The highest BCUT2D eigenvalue weighted by molar-refractivity contribution is 7.90. The first kappa shape index (κ1) is 15.3. The molecule has 0 spiro atoms. The van der Waals surface area contributed by atoms with Crippen molar-refractivity contribution in [2.24, 2.45) is 5.92 Å². The molecule has 3 rings (SSSR count). The zero-order valence-corrected chi connectivity index (χ0v) is 13.3. The molecule has 2 aliphatic heterocycles. The summed E-state index contributed by atoms with van der Waals surface area (Å²) < 4.78 is 25.8. The molecular weight excluding hydrogens is 328 g/mol. The fourth-order valence-corrected chi connectivity index (χ4v) is 4.58. The van der Waals surface area contributed by atoms with Crippen molar-refractivity contribution >= 4 is 33.4 Å². The number of benzene rings is 1. The van der Waals surface area contributed by atoms with Crippen molar-refractivity contribution in [1.82, 2.24) is 9.62 Å². The first-order chi connectivity index (χ1) is 10.4. The van der Waals surface area contributed by atoms with Gasteiger partial charge in [-0.15, -0.1) is 0 Å². The third kappa shape index (κ3) is 2.48. The van der Waals surface area contributed by atoms with Gasteiger partial charge < -0.3 is 5.32 Å². The van der Waals surface area contributed by atoms with Gasteiger partial charge in [-0.1, -0.05) is 18.0 Å². The molecule has 2 amide bonds. The second-order valence-electron chi connectivity index (χ2n) is 5.47. The van der Waals surface area contributed by atoms with E-state index in [1.807, 2.05) is 0 Å². The predicted octanol–water partition coefficient (Wildman–Crippen LogP) is 1.40. The topological polar surface area (TPSA) is 83.6 Å². The standard InChI is InChI=1S/C14H15ClN2O4S/c15-10-4-5-12-11(7-10)14(19)17(22(12,20)21)8-9-3-1-2-6-16-13(9)18/h4-5,7,9H,1-3,6,8H2,(H,16,18). The van der Waals surface area contributed by atoms with Gasteiger partial charge >= 0.3 is 0 Å². The molecule has 0 radical (unpaired) electrons. The molecule has 2 aliphatic rings. The lowest BCUT2D eigenvalue weighted by molar-refractivity contribution is -0.124. The number of hydrogen-bond donors (Lipinski definition) is 1. The quantitative estimate of drug-likeness (QED) is 0.880. The van der Waals surface area contributed by atoms with Crippen molar-refractivity contribution < 1.29 is 18.0 Å². The van der Waals surface area contributed by atoms with Crippen LogP contribution < -0.4 is 5.32 Å². The maximum Gasteiger partial charge on any atom is 0.269 e. The minimum atomic E-state index is -3.90. The Balaban J connectivity index is 1.92. The van der Waals surface area contributed by atoms with Gasteiger partial charge in [-0.2, -0.15) is 0 Å². The van der Waals surface area contributed by atoms with Crippen molar-refractivity contribution in [3.05, 3.63) is 28.8 Å². The van der Waals surface area contributed by atoms with Crippen molar-refractivity contribution in [1.29, 1.82) is 0 Å². The fraction of sp³-hybridized carbons (Fsp3) is 0.429. The molecule has 1 N–H and O–H groups in total. The molecular formula is C14H15ClN2O4S. The Kier molecular flexibility index (Phi) is 3.86. The number of carbonyl (C=O) groups excluding carboxylic acids is 2. The van der Waals surface area contributed by atoms with Gasteiger partial charge in [-0.3, -0.25) is 9.59 Å². The third-order valence-electron chi connectivity index (χ3n) is 4.00. The molecule has 118 valence electrons. The molecule has 1 atom stereocenters. The van der Waals surface area contributed by atoms with Crippen LogP contribution in [0.15, 0.2) is 23.1 Å². The number of nitrogens with one attached hydrogen (secondary N) is 1. The Labute approximate surface area is 133 Å². The zero-order chi connectivity index (χ0) is 15.9. The van der Waals surface area contributed by atoms with E-state index in [4.69, 9.17) is 11.6 Å². The van der Waals surface area contributed by atoms with Crippen molar-refractivity contribution in [2.75, 3.05) is 13.1 Å². The molecule has 22 heavy (non-hydrogen) atoms. The molecule has 0 aliphatic carbocycles. The summed E-state index contributed by atoms with van der Waals surface area (Å²) in [7, 11) is -3.90.